The molecule has 0 bridgehead atoms. The molecule has 2 rings (SSSR count). The van der Waals surface area contributed by atoms with Crippen molar-refractivity contribution >= 4 is 17.7 Å². The van der Waals surface area contributed by atoms with E-state index in [0.29, 0.717) is 22.8 Å². The van der Waals surface area contributed by atoms with E-state index < -0.39 is 24.6 Å². The fraction of sp³-hybridized carbons (Fsp3) is 0.214. The molecule has 0 aliphatic rings. The zero-order valence-corrected chi connectivity index (χ0v) is 12.1. The second-order valence-electron chi connectivity index (χ2n) is 4.45. The molecular formula is C14H15N3O6. The minimum absolute atomic E-state index is 0.376. The van der Waals surface area contributed by atoms with Crippen molar-refractivity contribution < 1.29 is 29.0 Å². The van der Waals surface area contributed by atoms with E-state index >= 15 is 0 Å². The Hall–Kier alpha value is -3.07. The van der Waals surface area contributed by atoms with E-state index in [9.17, 15) is 9.59 Å². The van der Waals surface area contributed by atoms with Crippen molar-refractivity contribution in [2.24, 2.45) is 0 Å². The molecular weight excluding hydrogens is 306 g/mol. The first-order valence-corrected chi connectivity index (χ1v) is 6.53. The third-order valence-electron chi connectivity index (χ3n) is 2.96. The molecule has 1 unspecified atom stereocenters. The van der Waals surface area contributed by atoms with Gasteiger partial charge < -0.3 is 30.0 Å². The van der Waals surface area contributed by atoms with Crippen molar-refractivity contribution in [2.45, 2.75) is 6.04 Å². The molecule has 1 aromatic heterocycles. The Bertz CT molecular complexity index is 686. The Morgan fingerprint density at radius 2 is 2.22 bits per heavy atom. The normalized spacial score (nSPS) is 11.6. The van der Waals surface area contributed by atoms with Crippen molar-refractivity contribution in [1.82, 2.24) is 10.3 Å². The fourth-order valence-electron chi connectivity index (χ4n) is 1.89. The van der Waals surface area contributed by atoms with Crippen LogP contribution in [0.4, 0.5) is 10.5 Å². The van der Waals surface area contributed by atoms with Crippen LogP contribution in [-0.2, 0) is 4.79 Å². The first-order chi connectivity index (χ1) is 11.0. The highest BCUT2D eigenvalue weighted by Crippen LogP contribution is 2.32. The summed E-state index contributed by atoms with van der Waals surface area (Å²) in [6.07, 6.45) is 1.40. The van der Waals surface area contributed by atoms with Gasteiger partial charge in [-0.25, -0.2) is 9.78 Å². The molecule has 0 saturated heterocycles. The highest BCUT2D eigenvalue weighted by atomic mass is 16.5. The molecule has 0 saturated carbocycles. The number of ether oxygens (including phenoxy) is 1. The summed E-state index contributed by atoms with van der Waals surface area (Å²) in [7, 11) is 1.46. The Morgan fingerprint density at radius 1 is 1.43 bits per heavy atom. The smallest absolute Gasteiger partial charge is 0.405 e. The predicted molar refractivity (Wildman–Crippen MR) is 79.2 cm³/mol. The van der Waals surface area contributed by atoms with Crippen molar-refractivity contribution in [2.75, 3.05) is 19.0 Å². The van der Waals surface area contributed by atoms with Crippen molar-refractivity contribution in [3.05, 3.63) is 30.8 Å². The average molecular weight is 321 g/mol. The summed E-state index contributed by atoms with van der Waals surface area (Å²) >= 11 is 0. The van der Waals surface area contributed by atoms with E-state index in [1.807, 2.05) is 5.32 Å². The molecule has 0 radical (unpaired) electrons. The molecule has 1 aromatic carbocycles. The number of nitrogens with one attached hydrogen (secondary N) is 2. The summed E-state index contributed by atoms with van der Waals surface area (Å²) in [4.78, 5) is 26.3. The summed E-state index contributed by atoms with van der Waals surface area (Å²) in [5.74, 6) is 0.246. The van der Waals surface area contributed by atoms with Crippen LogP contribution in [0.3, 0.4) is 0 Å². The van der Waals surface area contributed by atoms with E-state index in [0.717, 1.165) is 0 Å². The maximum Gasteiger partial charge on any atom is 0.405 e. The summed E-state index contributed by atoms with van der Waals surface area (Å²) in [6, 6.07) is 3.53. The fourth-order valence-corrected chi connectivity index (χ4v) is 1.89. The van der Waals surface area contributed by atoms with Crippen LogP contribution in [0.25, 0.3) is 11.3 Å². The topological polar surface area (TPSA) is 134 Å². The highest BCUT2D eigenvalue weighted by Gasteiger charge is 2.20. The van der Waals surface area contributed by atoms with Crippen LogP contribution >= 0.6 is 0 Å². The number of carbonyl (C=O) groups is 2. The van der Waals surface area contributed by atoms with Gasteiger partial charge in [0.15, 0.2) is 12.2 Å². The Balaban J connectivity index is 2.18. The number of nitrogens with zero attached hydrogens (tertiary/aromatic N) is 1. The van der Waals surface area contributed by atoms with Crippen LogP contribution < -0.4 is 15.4 Å². The largest absolute Gasteiger partial charge is 0.496 e. The molecule has 9 heteroatoms. The lowest BCUT2D eigenvalue weighted by Gasteiger charge is -2.15. The standard InChI is InChI=1S/C14H15N3O6/c1-22-11-4-8(2-3-9(11)12-5-15-7-23-12)16-13(19)10(6-18)17-14(20)21/h2-5,7,10,17-18H,6H2,1H3,(H,16,19)(H,20,21). The van der Waals surface area contributed by atoms with E-state index in [1.165, 1.54) is 19.7 Å². The van der Waals surface area contributed by atoms with E-state index in [2.05, 4.69) is 10.3 Å². The van der Waals surface area contributed by atoms with Gasteiger partial charge in [0.25, 0.3) is 0 Å². The predicted octanol–water partition coefficient (Wildman–Crippen LogP) is 0.917. The van der Waals surface area contributed by atoms with Crippen LogP contribution in [0.5, 0.6) is 5.75 Å². The summed E-state index contributed by atoms with van der Waals surface area (Å²) < 4.78 is 10.4. The summed E-state index contributed by atoms with van der Waals surface area (Å²) in [6.45, 7) is -0.661. The number of hydrogen-bond acceptors (Lipinski definition) is 6. The zero-order valence-electron chi connectivity index (χ0n) is 12.1. The molecule has 122 valence electrons. The SMILES string of the molecule is COc1cc(NC(=O)C(CO)NC(=O)O)ccc1-c1cnco1. The second kappa shape index (κ2) is 7.27. The van der Waals surface area contributed by atoms with Crippen LogP contribution in [-0.4, -0.2) is 47.0 Å². The molecule has 0 spiro atoms. The molecule has 0 fully saturated rings. The minimum Gasteiger partial charge on any atom is -0.496 e. The Kier molecular flexibility index (Phi) is 5.15. The van der Waals surface area contributed by atoms with Crippen molar-refractivity contribution in [3.63, 3.8) is 0 Å². The number of benzene rings is 1. The van der Waals surface area contributed by atoms with Crippen LogP contribution in [0.15, 0.2) is 35.2 Å². The number of carboxylic acid groups (broad SMARTS) is 1. The Labute approximate surface area is 130 Å². The van der Waals surface area contributed by atoms with E-state index in [4.69, 9.17) is 19.4 Å². The lowest BCUT2D eigenvalue weighted by atomic mass is 10.1. The molecule has 2 aromatic rings. The van der Waals surface area contributed by atoms with Gasteiger partial charge in [0, 0.05) is 11.8 Å². The van der Waals surface area contributed by atoms with E-state index in [-0.39, 0.29) is 0 Å². The molecule has 4 N–H and O–H groups in total. The van der Waals surface area contributed by atoms with Gasteiger partial charge in [-0.1, -0.05) is 0 Å². The van der Waals surface area contributed by atoms with Gasteiger partial charge in [0.1, 0.15) is 11.8 Å². The number of amides is 2. The second-order valence-corrected chi connectivity index (χ2v) is 4.45. The maximum atomic E-state index is 11.9. The molecule has 1 atom stereocenters. The molecule has 0 aliphatic heterocycles. The van der Waals surface area contributed by atoms with Crippen LogP contribution in [0.2, 0.25) is 0 Å². The summed E-state index contributed by atoms with van der Waals surface area (Å²) in [5, 5.41) is 22.1. The number of aromatic nitrogens is 1. The van der Waals surface area contributed by atoms with Gasteiger partial charge in [-0.05, 0) is 12.1 Å². The number of rotatable bonds is 6. The first-order valence-electron chi connectivity index (χ1n) is 6.53. The first kappa shape index (κ1) is 16.3. The van der Waals surface area contributed by atoms with Crippen molar-refractivity contribution in [1.29, 1.82) is 0 Å². The van der Waals surface area contributed by atoms with Crippen LogP contribution in [0.1, 0.15) is 0 Å². The maximum absolute atomic E-state index is 11.9. The summed E-state index contributed by atoms with van der Waals surface area (Å²) in [5.41, 5.74) is 1.02. The Morgan fingerprint density at radius 3 is 2.78 bits per heavy atom. The van der Waals surface area contributed by atoms with Crippen molar-refractivity contribution in [3.8, 4) is 17.1 Å². The van der Waals surface area contributed by atoms with Gasteiger partial charge in [0.2, 0.25) is 5.91 Å². The number of aliphatic hydroxyl groups excluding tert-OH is 1. The van der Waals surface area contributed by atoms with Gasteiger partial charge >= 0.3 is 6.09 Å². The van der Waals surface area contributed by atoms with Crippen LogP contribution in [0, 0.1) is 0 Å². The zero-order chi connectivity index (χ0) is 16.8. The lowest BCUT2D eigenvalue weighted by Crippen LogP contribution is -2.45. The number of carbonyl (C=O) groups excluding carboxylic acids is 1. The van der Waals surface area contributed by atoms with E-state index in [1.54, 1.807) is 18.2 Å². The molecule has 23 heavy (non-hydrogen) atoms. The number of hydrogen-bond donors (Lipinski definition) is 4. The monoisotopic (exact) mass is 321 g/mol. The third-order valence-corrected chi connectivity index (χ3v) is 2.96. The quantitative estimate of drug-likeness (QED) is 0.621. The van der Waals surface area contributed by atoms with Gasteiger partial charge in [-0.15, -0.1) is 0 Å². The molecule has 2 amide bonds. The number of methoxy groups -OCH3 is 1. The average Bonchev–Trinajstić information content (AvgIpc) is 3.06. The van der Waals surface area contributed by atoms with Gasteiger partial charge in [0.05, 0.1) is 25.5 Å². The van der Waals surface area contributed by atoms with Gasteiger partial charge in [-0.2, -0.15) is 0 Å². The molecule has 9 nitrogen and oxygen atoms in total. The van der Waals surface area contributed by atoms with Gasteiger partial charge in [-0.3, -0.25) is 4.79 Å². The molecule has 0 aliphatic carbocycles. The molecule has 1 heterocycles. The highest BCUT2D eigenvalue weighted by molar-refractivity contribution is 5.97. The third kappa shape index (κ3) is 3.98. The minimum atomic E-state index is -1.41. The lowest BCUT2D eigenvalue weighted by molar-refractivity contribution is -0.118. The number of oxazole rings is 1. The number of aliphatic hydroxyl groups is 1. The number of anilines is 1.